The van der Waals surface area contributed by atoms with Gasteiger partial charge >= 0.3 is 35.8 Å². The van der Waals surface area contributed by atoms with Gasteiger partial charge in [-0.15, -0.1) is 0 Å². The number of carbonyl (C=O) groups excluding carboxylic acids is 1. The number of carbonyl (C=O) groups is 1. The fourth-order valence-electron chi connectivity index (χ4n) is 1.46. The Kier molecular flexibility index (Phi) is 6.77. The summed E-state index contributed by atoms with van der Waals surface area (Å²) in [7, 11) is 0. The Morgan fingerprint density at radius 1 is 0.778 bits per heavy atom. The number of hydrogen-bond donors (Lipinski definition) is 2. The Morgan fingerprint density at radius 2 is 1.15 bits per heavy atom. The van der Waals surface area contributed by atoms with E-state index in [-0.39, 0.29) is 0 Å². The van der Waals surface area contributed by atoms with Crippen molar-refractivity contribution in [1.29, 1.82) is 0 Å². The van der Waals surface area contributed by atoms with Crippen LogP contribution >= 0.6 is 0 Å². The van der Waals surface area contributed by atoms with E-state index in [1.807, 2.05) is 0 Å². The van der Waals surface area contributed by atoms with Gasteiger partial charge in [0, 0.05) is 0 Å². The Morgan fingerprint density at radius 3 is 1.44 bits per heavy atom. The lowest BCUT2D eigenvalue weighted by Gasteiger charge is -2.39. The first-order valence-corrected chi connectivity index (χ1v) is 6.54. The first-order valence-electron chi connectivity index (χ1n) is 6.54. The maximum absolute atomic E-state index is 13.4. The van der Waals surface area contributed by atoms with E-state index in [4.69, 9.17) is 5.11 Å². The molecule has 0 spiro atoms. The van der Waals surface area contributed by atoms with E-state index in [1.54, 1.807) is 0 Å². The maximum atomic E-state index is 13.4. The second kappa shape index (κ2) is 7.16. The molecule has 0 bridgehead atoms. The molecule has 0 aromatic rings. The average molecular weight is 435 g/mol. The van der Waals surface area contributed by atoms with Crippen molar-refractivity contribution in [2.45, 2.75) is 55.2 Å². The molecule has 0 rings (SSSR count). The van der Waals surface area contributed by atoms with Crippen LogP contribution in [0.5, 0.6) is 0 Å². The van der Waals surface area contributed by atoms with E-state index in [9.17, 15) is 61.9 Å². The lowest BCUT2D eigenvalue weighted by molar-refractivity contribution is -0.436. The van der Waals surface area contributed by atoms with Crippen LogP contribution in [0, 0.1) is 0 Å². The van der Waals surface area contributed by atoms with Crippen LogP contribution in [0.2, 0.25) is 0 Å². The van der Waals surface area contributed by atoms with Crippen molar-refractivity contribution in [3.05, 3.63) is 0 Å². The van der Waals surface area contributed by atoms with Crippen LogP contribution < -0.4 is 5.32 Å². The third-order valence-corrected chi connectivity index (χ3v) is 3.27. The molecule has 0 aliphatic heterocycles. The van der Waals surface area contributed by atoms with Gasteiger partial charge in [-0.25, -0.2) is 0 Å². The van der Waals surface area contributed by atoms with E-state index in [1.165, 1.54) is 0 Å². The minimum absolute atomic E-state index is 0.456. The SMILES string of the molecule is CC[C@@H](CO)NC(=O)C(F)(F)C(F)(F)C(F)(F)C(F)(F)C(F)(F)C(F)(F)F. The number of hydrogen-bond acceptors (Lipinski definition) is 2. The van der Waals surface area contributed by atoms with Crippen LogP contribution in [0.1, 0.15) is 13.3 Å². The van der Waals surface area contributed by atoms with E-state index < -0.39 is 60.8 Å². The highest BCUT2D eigenvalue weighted by Gasteiger charge is 2.91. The number of aliphatic hydroxyl groups is 1. The van der Waals surface area contributed by atoms with Gasteiger partial charge in [0.25, 0.3) is 5.91 Å². The summed E-state index contributed by atoms with van der Waals surface area (Å²) < 4.78 is 166. The minimum Gasteiger partial charge on any atom is -0.394 e. The molecule has 0 heterocycles. The van der Waals surface area contributed by atoms with Gasteiger partial charge in [-0.05, 0) is 6.42 Å². The highest BCUT2D eigenvalue weighted by Crippen LogP contribution is 2.60. The molecule has 27 heavy (non-hydrogen) atoms. The number of nitrogens with one attached hydrogen (secondary N) is 1. The zero-order valence-corrected chi connectivity index (χ0v) is 12.8. The molecule has 0 aliphatic carbocycles. The van der Waals surface area contributed by atoms with Gasteiger partial charge in [-0.1, -0.05) is 6.92 Å². The summed E-state index contributed by atoms with van der Waals surface area (Å²) in [6.07, 6.45) is -7.97. The number of rotatable bonds is 8. The zero-order chi connectivity index (χ0) is 22.3. The van der Waals surface area contributed by atoms with Crippen molar-refractivity contribution >= 4 is 5.91 Å². The molecule has 0 unspecified atom stereocenters. The Bertz CT molecular complexity index is 539. The van der Waals surface area contributed by atoms with Gasteiger partial charge in [0.2, 0.25) is 0 Å². The molecule has 3 nitrogen and oxygen atoms in total. The lowest BCUT2D eigenvalue weighted by Crippen LogP contribution is -2.72. The highest BCUT2D eigenvalue weighted by atomic mass is 19.4. The van der Waals surface area contributed by atoms with E-state index in [0.717, 1.165) is 12.2 Å². The minimum atomic E-state index is -8.06. The molecule has 0 saturated carbocycles. The summed E-state index contributed by atoms with van der Waals surface area (Å²) in [4.78, 5) is 11.0. The number of aliphatic hydroxyl groups excluding tert-OH is 1. The lowest BCUT2D eigenvalue weighted by atomic mass is 9.93. The van der Waals surface area contributed by atoms with Crippen LogP contribution in [0.25, 0.3) is 0 Å². The molecule has 16 heteroatoms. The summed E-state index contributed by atoms with van der Waals surface area (Å²) in [5.41, 5.74) is 0. The Balaban J connectivity index is 6.19. The molecular formula is C11H10F13NO2. The van der Waals surface area contributed by atoms with Crippen LogP contribution in [-0.4, -0.2) is 59.5 Å². The molecule has 0 aromatic heterocycles. The zero-order valence-electron chi connectivity index (χ0n) is 12.8. The maximum Gasteiger partial charge on any atom is 0.460 e. The topological polar surface area (TPSA) is 49.3 Å². The molecule has 2 N–H and O–H groups in total. The quantitative estimate of drug-likeness (QED) is 0.573. The normalized spacial score (nSPS) is 16.3. The third-order valence-electron chi connectivity index (χ3n) is 3.27. The van der Waals surface area contributed by atoms with Crippen LogP contribution in [-0.2, 0) is 4.79 Å². The summed E-state index contributed by atoms with van der Waals surface area (Å²) in [5, 5.41) is 9.44. The van der Waals surface area contributed by atoms with Crippen molar-refractivity contribution in [2.75, 3.05) is 6.61 Å². The number of alkyl halides is 13. The summed E-state index contributed by atoms with van der Waals surface area (Å²) >= 11 is 0. The summed E-state index contributed by atoms with van der Waals surface area (Å²) in [6, 6.07) is -1.76. The number of halogens is 13. The standard InChI is InChI=1S/C11H10F13NO2/c1-2-4(3-26)25-5(27)6(12,13)7(14,15)8(16,17)9(18,19)10(20,21)11(22,23)24/h4,26H,2-3H2,1H3,(H,25,27)/t4-/m0/s1. The molecule has 0 fully saturated rings. The van der Waals surface area contributed by atoms with Crippen LogP contribution in [0.4, 0.5) is 57.1 Å². The van der Waals surface area contributed by atoms with Gasteiger partial charge in [-0.2, -0.15) is 57.1 Å². The van der Waals surface area contributed by atoms with Crippen molar-refractivity contribution < 1.29 is 67.0 Å². The van der Waals surface area contributed by atoms with Gasteiger partial charge in [-0.3, -0.25) is 4.79 Å². The molecule has 1 amide bonds. The Hall–Kier alpha value is -1.48. The molecule has 0 radical (unpaired) electrons. The van der Waals surface area contributed by atoms with Crippen LogP contribution in [0.3, 0.4) is 0 Å². The first kappa shape index (κ1) is 25.5. The predicted molar refractivity (Wildman–Crippen MR) is 60.1 cm³/mol. The Labute approximate surface area is 141 Å². The second-order valence-electron chi connectivity index (χ2n) is 5.13. The van der Waals surface area contributed by atoms with Crippen molar-refractivity contribution in [2.24, 2.45) is 0 Å². The van der Waals surface area contributed by atoms with E-state index >= 15 is 0 Å². The van der Waals surface area contributed by atoms with Gasteiger partial charge in [0.15, 0.2) is 0 Å². The molecule has 162 valence electrons. The van der Waals surface area contributed by atoms with Crippen LogP contribution in [0.15, 0.2) is 0 Å². The molecule has 1 atom stereocenters. The largest absolute Gasteiger partial charge is 0.460 e. The smallest absolute Gasteiger partial charge is 0.394 e. The van der Waals surface area contributed by atoms with E-state index in [2.05, 4.69) is 0 Å². The molecule has 0 aliphatic rings. The fraction of sp³-hybridized carbons (Fsp3) is 0.909. The third kappa shape index (κ3) is 3.76. The number of amides is 1. The van der Waals surface area contributed by atoms with Crippen molar-refractivity contribution in [3.63, 3.8) is 0 Å². The van der Waals surface area contributed by atoms with Gasteiger partial charge in [0.05, 0.1) is 12.6 Å². The summed E-state index contributed by atoms with van der Waals surface area (Å²) in [5.74, 6) is -41.9. The van der Waals surface area contributed by atoms with Gasteiger partial charge in [0.1, 0.15) is 0 Å². The molecule has 0 saturated heterocycles. The first-order chi connectivity index (χ1) is 11.7. The molecular weight excluding hydrogens is 425 g/mol. The second-order valence-corrected chi connectivity index (χ2v) is 5.13. The monoisotopic (exact) mass is 435 g/mol. The predicted octanol–water partition coefficient (Wildman–Crippen LogP) is 3.61. The van der Waals surface area contributed by atoms with Crippen molar-refractivity contribution in [3.8, 4) is 0 Å². The summed E-state index contributed by atoms with van der Waals surface area (Å²) in [6.45, 7) is -0.146. The van der Waals surface area contributed by atoms with E-state index in [0.29, 0.717) is 0 Å². The average Bonchev–Trinajstić information content (AvgIpc) is 2.50. The fourth-order valence-corrected chi connectivity index (χ4v) is 1.46. The van der Waals surface area contributed by atoms with Gasteiger partial charge < -0.3 is 10.4 Å². The molecule has 0 aromatic carbocycles. The van der Waals surface area contributed by atoms with Crippen molar-refractivity contribution in [1.82, 2.24) is 5.32 Å². The highest BCUT2D eigenvalue weighted by molar-refractivity contribution is 5.85.